The highest BCUT2D eigenvalue weighted by atomic mass is 32.1. The molecule has 8 nitrogen and oxygen atoms in total. The number of nitrogens with zero attached hydrogens (tertiary/aromatic N) is 3. The Morgan fingerprint density at radius 3 is 2.58 bits per heavy atom. The van der Waals surface area contributed by atoms with Crippen LogP contribution in [-0.2, 0) is 22.5 Å². The summed E-state index contributed by atoms with van der Waals surface area (Å²) in [6.45, 7) is -0.0219. The van der Waals surface area contributed by atoms with Gasteiger partial charge in [-0.25, -0.2) is 4.98 Å². The van der Waals surface area contributed by atoms with Crippen molar-refractivity contribution >= 4 is 33.2 Å². The third-order valence-electron chi connectivity index (χ3n) is 4.75. The Kier molecular flexibility index (Phi) is 5.85. The lowest BCUT2D eigenvalue weighted by atomic mass is 10.1. The van der Waals surface area contributed by atoms with Gasteiger partial charge in [0, 0.05) is 29.5 Å². The third kappa shape index (κ3) is 4.51. The number of hydrogen-bond donors (Lipinski definition) is 0. The summed E-state index contributed by atoms with van der Waals surface area (Å²) in [5.74, 6) is -0.522. The van der Waals surface area contributed by atoms with E-state index in [0.717, 1.165) is 5.56 Å². The Bertz CT molecular complexity index is 1300. The van der Waals surface area contributed by atoms with Gasteiger partial charge >= 0.3 is 5.97 Å². The zero-order chi connectivity index (χ0) is 21.8. The maximum atomic E-state index is 13.0. The van der Waals surface area contributed by atoms with Crippen LogP contribution < -0.4 is 5.56 Å². The van der Waals surface area contributed by atoms with Gasteiger partial charge in [0.15, 0.2) is 0 Å². The van der Waals surface area contributed by atoms with E-state index in [1.54, 1.807) is 17.5 Å². The van der Waals surface area contributed by atoms with Crippen LogP contribution in [0.1, 0.15) is 5.56 Å². The minimum Gasteiger partial charge on any atom is -0.464 e. The van der Waals surface area contributed by atoms with Gasteiger partial charge in [0.05, 0.1) is 23.2 Å². The summed E-state index contributed by atoms with van der Waals surface area (Å²) in [5.41, 5.74) is 1.95. The molecule has 0 bridgehead atoms. The molecular formula is C22H17N3O5S. The first-order valence-corrected chi connectivity index (χ1v) is 10.3. The fraction of sp³-hybridized carbons (Fsp3) is 0.136. The lowest BCUT2D eigenvalue weighted by Crippen LogP contribution is -2.26. The maximum Gasteiger partial charge on any atom is 0.326 e. The number of thiophene rings is 1. The van der Waals surface area contributed by atoms with Gasteiger partial charge in [0.2, 0.25) is 0 Å². The predicted molar refractivity (Wildman–Crippen MR) is 117 cm³/mol. The van der Waals surface area contributed by atoms with Crippen molar-refractivity contribution in [2.75, 3.05) is 6.61 Å². The summed E-state index contributed by atoms with van der Waals surface area (Å²) in [5, 5.41) is 13.0. The Hall–Kier alpha value is -3.85. The van der Waals surface area contributed by atoms with Gasteiger partial charge in [-0.1, -0.05) is 30.3 Å². The second-order valence-electron chi connectivity index (χ2n) is 6.77. The van der Waals surface area contributed by atoms with E-state index in [1.807, 2.05) is 30.3 Å². The third-order valence-corrected chi connectivity index (χ3v) is 5.63. The van der Waals surface area contributed by atoms with Crippen LogP contribution in [0.3, 0.4) is 0 Å². The average Bonchev–Trinajstić information content (AvgIpc) is 3.21. The largest absolute Gasteiger partial charge is 0.464 e. The monoisotopic (exact) mass is 435 g/mol. The maximum absolute atomic E-state index is 13.0. The van der Waals surface area contributed by atoms with Crippen molar-refractivity contribution < 1.29 is 14.5 Å². The first kappa shape index (κ1) is 20.4. The van der Waals surface area contributed by atoms with Gasteiger partial charge in [-0.3, -0.25) is 24.3 Å². The summed E-state index contributed by atoms with van der Waals surface area (Å²) in [7, 11) is 0. The summed E-state index contributed by atoms with van der Waals surface area (Å²) in [6.07, 6.45) is 1.92. The minimum absolute atomic E-state index is 0.0305. The van der Waals surface area contributed by atoms with E-state index in [9.17, 15) is 19.7 Å². The van der Waals surface area contributed by atoms with Gasteiger partial charge in [-0.05, 0) is 23.3 Å². The molecule has 0 saturated heterocycles. The fourth-order valence-corrected chi connectivity index (χ4v) is 4.07. The van der Waals surface area contributed by atoms with Crippen LogP contribution in [0.15, 0.2) is 71.1 Å². The topological polar surface area (TPSA) is 104 Å². The highest BCUT2D eigenvalue weighted by molar-refractivity contribution is 7.17. The smallest absolute Gasteiger partial charge is 0.326 e. The first-order chi connectivity index (χ1) is 15.0. The number of nitro groups is 1. The molecule has 2 aromatic heterocycles. The van der Waals surface area contributed by atoms with E-state index < -0.39 is 10.9 Å². The van der Waals surface area contributed by atoms with E-state index >= 15 is 0 Å². The number of rotatable bonds is 7. The van der Waals surface area contributed by atoms with E-state index in [0.29, 0.717) is 27.8 Å². The van der Waals surface area contributed by atoms with Crippen LogP contribution in [0.4, 0.5) is 5.69 Å². The zero-order valence-electron chi connectivity index (χ0n) is 16.3. The SMILES string of the molecule is O=C(Cn1cnc2scc(-c3ccc([N+](=O)[O-])cc3)c2c1=O)OCCc1ccccc1. The normalized spacial score (nSPS) is 10.8. The number of carbonyl (C=O) groups excluding carboxylic acids is 1. The van der Waals surface area contributed by atoms with Crippen molar-refractivity contribution in [2.24, 2.45) is 0 Å². The molecule has 0 spiro atoms. The lowest BCUT2D eigenvalue weighted by Gasteiger charge is -2.07. The molecule has 0 fully saturated rings. The summed E-state index contributed by atoms with van der Waals surface area (Å²) < 4.78 is 6.48. The predicted octanol–water partition coefficient (Wildman–Crippen LogP) is 3.82. The van der Waals surface area contributed by atoms with Crippen LogP contribution in [0.25, 0.3) is 21.3 Å². The molecule has 156 valence electrons. The highest BCUT2D eigenvalue weighted by Crippen LogP contribution is 2.31. The van der Waals surface area contributed by atoms with Gasteiger partial charge < -0.3 is 4.74 Å². The van der Waals surface area contributed by atoms with E-state index in [1.165, 1.54) is 34.4 Å². The Morgan fingerprint density at radius 1 is 1.13 bits per heavy atom. The number of carbonyl (C=O) groups is 1. The van der Waals surface area contributed by atoms with Crippen molar-refractivity contribution in [2.45, 2.75) is 13.0 Å². The van der Waals surface area contributed by atoms with Crippen molar-refractivity contribution in [3.05, 3.63) is 92.3 Å². The van der Waals surface area contributed by atoms with Gasteiger partial charge in [-0.15, -0.1) is 11.3 Å². The van der Waals surface area contributed by atoms with Crippen molar-refractivity contribution in [3.8, 4) is 11.1 Å². The number of esters is 1. The molecule has 0 radical (unpaired) electrons. The summed E-state index contributed by atoms with van der Waals surface area (Å²) >= 11 is 1.30. The molecule has 31 heavy (non-hydrogen) atoms. The molecule has 0 N–H and O–H groups in total. The van der Waals surface area contributed by atoms with Crippen LogP contribution in [0.5, 0.6) is 0 Å². The Labute approximate surface area is 180 Å². The number of benzene rings is 2. The number of hydrogen-bond acceptors (Lipinski definition) is 7. The standard InChI is InChI=1S/C22H17N3O5S/c26-19(30-11-10-15-4-2-1-3-5-15)12-24-14-23-21-20(22(24)27)18(13-31-21)16-6-8-17(9-7-16)25(28)29/h1-9,13-14H,10-12H2. The van der Waals surface area contributed by atoms with E-state index in [2.05, 4.69) is 4.98 Å². The molecular weight excluding hydrogens is 418 g/mol. The molecule has 9 heteroatoms. The van der Waals surface area contributed by atoms with Crippen molar-refractivity contribution in [3.63, 3.8) is 0 Å². The second-order valence-corrected chi connectivity index (χ2v) is 7.63. The average molecular weight is 435 g/mol. The van der Waals surface area contributed by atoms with Gasteiger partial charge in [-0.2, -0.15) is 0 Å². The van der Waals surface area contributed by atoms with Crippen molar-refractivity contribution in [1.82, 2.24) is 9.55 Å². The Morgan fingerprint density at radius 2 is 1.87 bits per heavy atom. The molecule has 2 heterocycles. The van der Waals surface area contributed by atoms with Crippen LogP contribution in [0.2, 0.25) is 0 Å². The molecule has 0 amide bonds. The lowest BCUT2D eigenvalue weighted by molar-refractivity contribution is -0.384. The number of nitro benzene ring substituents is 1. The molecule has 2 aromatic carbocycles. The number of non-ortho nitro benzene ring substituents is 1. The highest BCUT2D eigenvalue weighted by Gasteiger charge is 2.16. The minimum atomic E-state index is -0.522. The molecule has 4 aromatic rings. The molecule has 4 rings (SSSR count). The van der Waals surface area contributed by atoms with Crippen LogP contribution in [-0.4, -0.2) is 27.1 Å². The fourth-order valence-electron chi connectivity index (χ4n) is 3.17. The number of fused-ring (bicyclic) bond motifs is 1. The Balaban J connectivity index is 1.52. The van der Waals surface area contributed by atoms with Crippen molar-refractivity contribution in [1.29, 1.82) is 0 Å². The summed E-state index contributed by atoms with van der Waals surface area (Å²) in [6, 6.07) is 15.6. The van der Waals surface area contributed by atoms with Gasteiger partial charge in [0.25, 0.3) is 11.2 Å². The summed E-state index contributed by atoms with van der Waals surface area (Å²) in [4.78, 5) is 40.4. The molecule has 0 aliphatic carbocycles. The van der Waals surface area contributed by atoms with Gasteiger partial charge in [0.1, 0.15) is 11.4 Å². The molecule has 0 unspecified atom stereocenters. The second kappa shape index (κ2) is 8.88. The van der Waals surface area contributed by atoms with Crippen LogP contribution >= 0.6 is 11.3 Å². The quantitative estimate of drug-likeness (QED) is 0.248. The molecule has 0 saturated carbocycles. The van der Waals surface area contributed by atoms with Crippen LogP contribution in [0, 0.1) is 10.1 Å². The van der Waals surface area contributed by atoms with E-state index in [-0.39, 0.29) is 24.4 Å². The zero-order valence-corrected chi connectivity index (χ0v) is 17.1. The number of aromatic nitrogens is 2. The molecule has 0 aliphatic rings. The number of ether oxygens (including phenoxy) is 1. The first-order valence-electron chi connectivity index (χ1n) is 9.44. The molecule has 0 atom stereocenters. The molecule has 0 aliphatic heterocycles. The van der Waals surface area contributed by atoms with E-state index in [4.69, 9.17) is 4.74 Å².